The summed E-state index contributed by atoms with van der Waals surface area (Å²) in [5.41, 5.74) is 3.28. The molecule has 0 aliphatic carbocycles. The Morgan fingerprint density at radius 1 is 1.24 bits per heavy atom. The van der Waals surface area contributed by atoms with E-state index < -0.39 is 6.61 Å². The molecule has 0 atom stereocenters. The highest BCUT2D eigenvalue weighted by Gasteiger charge is 2.10. The van der Waals surface area contributed by atoms with Gasteiger partial charge < -0.3 is 9.14 Å². The topological polar surface area (TPSA) is 26.5 Å². The highest BCUT2D eigenvalue weighted by molar-refractivity contribution is 9.10. The van der Waals surface area contributed by atoms with Crippen LogP contribution in [0.15, 0.2) is 47.2 Å². The van der Waals surface area contributed by atoms with Gasteiger partial charge in [0.25, 0.3) is 0 Å². The van der Waals surface area contributed by atoms with Crippen molar-refractivity contribution in [3.63, 3.8) is 0 Å². The molecule has 21 heavy (non-hydrogen) atoms. The summed E-state index contributed by atoms with van der Waals surface area (Å²) in [4.78, 5) is 4.54. The van der Waals surface area contributed by atoms with Crippen LogP contribution in [0.2, 0.25) is 0 Å². The minimum absolute atomic E-state index is 0.123. The van der Waals surface area contributed by atoms with Crippen molar-refractivity contribution < 1.29 is 13.5 Å². The summed E-state index contributed by atoms with van der Waals surface area (Å²) >= 11 is 3.44. The van der Waals surface area contributed by atoms with Gasteiger partial charge in [-0.25, -0.2) is 4.98 Å². The summed E-state index contributed by atoms with van der Waals surface area (Å²) in [5.74, 6) is 0.123. The fraction of sp³-hybridized carbons (Fsp3) is 0.133. The van der Waals surface area contributed by atoms with Crippen LogP contribution in [0.3, 0.4) is 0 Å². The van der Waals surface area contributed by atoms with Gasteiger partial charge in [-0.3, -0.25) is 0 Å². The van der Waals surface area contributed by atoms with E-state index in [2.05, 4.69) is 25.7 Å². The molecule has 0 spiro atoms. The van der Waals surface area contributed by atoms with Crippen molar-refractivity contribution in [2.24, 2.45) is 0 Å². The van der Waals surface area contributed by atoms with Crippen LogP contribution in [0, 0.1) is 6.92 Å². The van der Waals surface area contributed by atoms with Crippen LogP contribution in [-0.4, -0.2) is 16.0 Å². The first-order valence-electron chi connectivity index (χ1n) is 6.23. The van der Waals surface area contributed by atoms with Crippen molar-refractivity contribution in [3.8, 4) is 17.0 Å². The van der Waals surface area contributed by atoms with Crippen molar-refractivity contribution in [2.75, 3.05) is 0 Å². The van der Waals surface area contributed by atoms with E-state index in [1.54, 1.807) is 12.1 Å². The zero-order chi connectivity index (χ0) is 15.0. The van der Waals surface area contributed by atoms with E-state index in [4.69, 9.17) is 0 Å². The molecule has 0 saturated carbocycles. The highest BCUT2D eigenvalue weighted by Crippen LogP contribution is 2.26. The molecule has 3 rings (SSSR count). The third-order valence-electron chi connectivity index (χ3n) is 3.06. The maximum atomic E-state index is 12.3. The summed E-state index contributed by atoms with van der Waals surface area (Å²) in [5, 5.41) is 0. The molecule has 2 heterocycles. The van der Waals surface area contributed by atoms with E-state index in [9.17, 15) is 8.78 Å². The normalized spacial score (nSPS) is 11.3. The van der Waals surface area contributed by atoms with Gasteiger partial charge in [0.15, 0.2) is 0 Å². The number of ether oxygens (including phenoxy) is 1. The van der Waals surface area contributed by atoms with Crippen molar-refractivity contribution in [3.05, 3.63) is 52.8 Å². The van der Waals surface area contributed by atoms with Crippen LogP contribution in [0.4, 0.5) is 8.78 Å². The van der Waals surface area contributed by atoms with Crippen molar-refractivity contribution in [1.82, 2.24) is 9.38 Å². The van der Waals surface area contributed by atoms with Crippen LogP contribution < -0.4 is 4.74 Å². The van der Waals surface area contributed by atoms with Gasteiger partial charge in [-0.05, 0) is 46.6 Å². The average Bonchev–Trinajstić information content (AvgIpc) is 2.82. The molecule has 0 saturated heterocycles. The number of hydrogen-bond donors (Lipinski definition) is 0. The monoisotopic (exact) mass is 352 g/mol. The Balaban J connectivity index is 2.06. The molecule has 6 heteroatoms. The van der Waals surface area contributed by atoms with Gasteiger partial charge in [0, 0.05) is 22.4 Å². The lowest BCUT2D eigenvalue weighted by molar-refractivity contribution is -0.0498. The molecule has 0 amide bonds. The minimum Gasteiger partial charge on any atom is -0.435 e. The van der Waals surface area contributed by atoms with Crippen molar-refractivity contribution >= 4 is 21.6 Å². The number of imidazole rings is 1. The molecule has 0 unspecified atom stereocenters. The average molecular weight is 353 g/mol. The van der Waals surface area contributed by atoms with Gasteiger partial charge in [0.05, 0.1) is 5.69 Å². The van der Waals surface area contributed by atoms with Gasteiger partial charge in [0.2, 0.25) is 0 Å². The smallest absolute Gasteiger partial charge is 0.387 e. The fourth-order valence-electron chi connectivity index (χ4n) is 2.20. The predicted molar refractivity (Wildman–Crippen MR) is 79.7 cm³/mol. The van der Waals surface area contributed by atoms with Crippen molar-refractivity contribution in [2.45, 2.75) is 13.5 Å². The van der Waals surface area contributed by atoms with E-state index in [1.165, 1.54) is 6.07 Å². The molecule has 0 fully saturated rings. The number of fused-ring (bicyclic) bond motifs is 1. The first-order valence-corrected chi connectivity index (χ1v) is 7.02. The molecule has 0 aliphatic rings. The molecular formula is C15H11BrF2N2O. The molecule has 108 valence electrons. The lowest BCUT2D eigenvalue weighted by Gasteiger charge is -2.05. The Labute approximate surface area is 128 Å². The van der Waals surface area contributed by atoms with Crippen LogP contribution >= 0.6 is 15.9 Å². The Morgan fingerprint density at radius 3 is 2.81 bits per heavy atom. The molecule has 2 aromatic heterocycles. The van der Waals surface area contributed by atoms with E-state index in [-0.39, 0.29) is 5.75 Å². The van der Waals surface area contributed by atoms with Crippen molar-refractivity contribution in [1.29, 1.82) is 0 Å². The molecule has 0 aliphatic heterocycles. The summed E-state index contributed by atoms with van der Waals surface area (Å²) in [6.07, 6.45) is 3.76. The SMILES string of the molecule is Cc1cc(Br)cn2cc(-c3cccc(OC(F)F)c3)nc12. The van der Waals surface area contributed by atoms with Crippen LogP contribution in [0.25, 0.3) is 16.9 Å². The number of nitrogens with zero attached hydrogens (tertiary/aromatic N) is 2. The molecule has 3 aromatic rings. The van der Waals surface area contributed by atoms with Gasteiger partial charge in [-0.2, -0.15) is 8.78 Å². The van der Waals surface area contributed by atoms with Gasteiger partial charge in [-0.15, -0.1) is 0 Å². The summed E-state index contributed by atoms with van der Waals surface area (Å²) < 4.78 is 31.8. The van der Waals surface area contributed by atoms with Crippen LogP contribution in [0.5, 0.6) is 5.75 Å². The fourth-order valence-corrected chi connectivity index (χ4v) is 2.76. The Morgan fingerprint density at radius 2 is 2.05 bits per heavy atom. The second-order valence-corrected chi connectivity index (χ2v) is 5.52. The van der Waals surface area contributed by atoms with Gasteiger partial charge >= 0.3 is 6.61 Å². The number of rotatable bonds is 3. The lowest BCUT2D eigenvalue weighted by Crippen LogP contribution is -2.01. The first-order chi connectivity index (χ1) is 10.0. The minimum atomic E-state index is -2.83. The molecule has 1 aromatic carbocycles. The number of pyridine rings is 1. The van der Waals surface area contributed by atoms with Crippen LogP contribution in [-0.2, 0) is 0 Å². The van der Waals surface area contributed by atoms with E-state index in [0.717, 1.165) is 21.2 Å². The number of aryl methyl sites for hydroxylation is 1. The third kappa shape index (κ3) is 2.90. The number of alkyl halides is 2. The Hall–Kier alpha value is -1.95. The van der Waals surface area contributed by atoms with Crippen LogP contribution in [0.1, 0.15) is 5.56 Å². The zero-order valence-corrected chi connectivity index (χ0v) is 12.6. The largest absolute Gasteiger partial charge is 0.435 e. The van der Waals surface area contributed by atoms with E-state index >= 15 is 0 Å². The summed E-state index contributed by atoms with van der Waals surface area (Å²) in [6, 6.07) is 8.50. The lowest BCUT2D eigenvalue weighted by atomic mass is 10.1. The first kappa shape index (κ1) is 14.0. The predicted octanol–water partition coefficient (Wildman–Crippen LogP) is 4.67. The molecule has 3 nitrogen and oxygen atoms in total. The number of aromatic nitrogens is 2. The molecule has 0 bridgehead atoms. The second-order valence-electron chi connectivity index (χ2n) is 4.60. The van der Waals surface area contributed by atoms with Gasteiger partial charge in [-0.1, -0.05) is 12.1 Å². The summed E-state index contributed by atoms with van der Waals surface area (Å²) in [6.45, 7) is -0.868. The standard InChI is InChI=1S/C15H11BrF2N2O/c1-9-5-11(16)7-20-8-13(19-14(9)20)10-3-2-4-12(6-10)21-15(17)18/h2-8,15H,1H3. The maximum absolute atomic E-state index is 12.3. The number of hydrogen-bond acceptors (Lipinski definition) is 2. The number of halogens is 3. The number of benzene rings is 1. The molecular weight excluding hydrogens is 342 g/mol. The highest BCUT2D eigenvalue weighted by atomic mass is 79.9. The van der Waals surface area contributed by atoms with Gasteiger partial charge in [0.1, 0.15) is 11.4 Å². The third-order valence-corrected chi connectivity index (χ3v) is 3.49. The van der Waals surface area contributed by atoms with E-state index in [0.29, 0.717) is 5.69 Å². The second kappa shape index (κ2) is 5.44. The van der Waals surface area contributed by atoms with E-state index in [1.807, 2.05) is 35.9 Å². The maximum Gasteiger partial charge on any atom is 0.387 e. The zero-order valence-electron chi connectivity index (χ0n) is 11.1. The summed E-state index contributed by atoms with van der Waals surface area (Å²) in [7, 11) is 0. The molecule has 0 radical (unpaired) electrons. The Kier molecular flexibility index (Phi) is 3.63. The quantitative estimate of drug-likeness (QED) is 0.684. The molecule has 0 N–H and O–H groups in total. The Bertz CT molecular complexity index is 801.